The van der Waals surface area contributed by atoms with Gasteiger partial charge in [0.1, 0.15) is 11.6 Å². The van der Waals surface area contributed by atoms with Gasteiger partial charge in [0.25, 0.3) is 0 Å². The summed E-state index contributed by atoms with van der Waals surface area (Å²) in [6.07, 6.45) is 0. The van der Waals surface area contributed by atoms with Crippen LogP contribution >= 0.6 is 0 Å². The molecule has 0 aliphatic rings. The normalized spacial score (nSPS) is 11.3. The van der Waals surface area contributed by atoms with Gasteiger partial charge in [-0.05, 0) is 64.4 Å². The minimum atomic E-state index is -0.583. The minimum absolute atomic E-state index is 0.194. The Labute approximate surface area is 200 Å². The zero-order valence-electron chi connectivity index (χ0n) is 19.2. The molecule has 35 heavy (non-hydrogen) atoms. The fraction of sp³-hybridized carbons (Fsp3) is 0.148. The van der Waals surface area contributed by atoms with E-state index in [4.69, 9.17) is 9.51 Å². The van der Waals surface area contributed by atoms with E-state index in [-0.39, 0.29) is 23.2 Å². The second-order valence-electron chi connectivity index (χ2n) is 8.65. The van der Waals surface area contributed by atoms with Crippen LogP contribution in [0.4, 0.5) is 8.78 Å². The molecular weight excluding hydrogens is 450 g/mol. The summed E-state index contributed by atoms with van der Waals surface area (Å²) < 4.78 is 36.2. The third kappa shape index (κ3) is 4.30. The average Bonchev–Trinajstić information content (AvgIpc) is 3.40. The Morgan fingerprint density at radius 3 is 2.11 bits per heavy atom. The number of hydrogen-bond donors (Lipinski definition) is 1. The van der Waals surface area contributed by atoms with Gasteiger partial charge in [-0.1, -0.05) is 32.0 Å². The molecular formula is C27H23F2N4O2+. The van der Waals surface area contributed by atoms with Crippen LogP contribution in [0.3, 0.4) is 0 Å². The molecule has 0 spiro atoms. The molecule has 0 saturated heterocycles. The Morgan fingerprint density at radius 2 is 1.51 bits per heavy atom. The number of aromatic nitrogens is 4. The van der Waals surface area contributed by atoms with Crippen molar-refractivity contribution in [2.24, 2.45) is 5.92 Å². The molecule has 0 atom stereocenters. The molecule has 0 bridgehead atoms. The molecule has 0 aliphatic carbocycles. The van der Waals surface area contributed by atoms with Crippen LogP contribution < -0.4 is 10.3 Å². The van der Waals surface area contributed by atoms with Crippen molar-refractivity contribution in [1.82, 2.24) is 14.8 Å². The van der Waals surface area contributed by atoms with Gasteiger partial charge < -0.3 is 4.57 Å². The maximum Gasteiger partial charge on any atom is 0.439 e. The van der Waals surface area contributed by atoms with Gasteiger partial charge in [-0.25, -0.2) is 18.6 Å². The molecule has 2 aromatic heterocycles. The quantitative estimate of drug-likeness (QED) is 0.337. The molecule has 0 unspecified atom stereocenters. The van der Waals surface area contributed by atoms with E-state index < -0.39 is 5.63 Å². The Hall–Kier alpha value is -4.33. The van der Waals surface area contributed by atoms with Crippen molar-refractivity contribution in [2.45, 2.75) is 20.4 Å². The summed E-state index contributed by atoms with van der Waals surface area (Å²) in [6.45, 7) is 4.64. The SMILES string of the molecule is CC(C)Cn1c(-c2c(=O)o[nH][n+]2-c2ccccc2)nc(-c2ccc(F)cc2)c1-c1ccc(F)cc1. The minimum Gasteiger partial charge on any atom is -0.318 e. The molecule has 2 heterocycles. The van der Waals surface area contributed by atoms with Gasteiger partial charge in [0, 0.05) is 29.8 Å². The zero-order valence-corrected chi connectivity index (χ0v) is 19.2. The fourth-order valence-electron chi connectivity index (χ4n) is 4.11. The highest BCUT2D eigenvalue weighted by molar-refractivity contribution is 5.81. The van der Waals surface area contributed by atoms with Gasteiger partial charge >= 0.3 is 11.3 Å². The molecule has 3 aromatic carbocycles. The monoisotopic (exact) mass is 473 g/mol. The summed E-state index contributed by atoms with van der Waals surface area (Å²) in [5, 5.41) is 2.67. The molecule has 6 nitrogen and oxygen atoms in total. The van der Waals surface area contributed by atoms with Crippen molar-refractivity contribution in [3.63, 3.8) is 0 Å². The lowest BCUT2D eigenvalue weighted by atomic mass is 10.0. The summed E-state index contributed by atoms with van der Waals surface area (Å²) in [5.41, 5.74) is 2.96. The summed E-state index contributed by atoms with van der Waals surface area (Å²) in [6, 6.07) is 21.4. The number of halogens is 2. The number of nitrogens with zero attached hydrogens (tertiary/aromatic N) is 3. The van der Waals surface area contributed by atoms with Gasteiger partial charge in [0.05, 0.1) is 11.4 Å². The lowest BCUT2D eigenvalue weighted by Crippen LogP contribution is -2.37. The smallest absolute Gasteiger partial charge is 0.318 e. The molecule has 0 aliphatic heterocycles. The number of hydrogen-bond acceptors (Lipinski definition) is 3. The maximum atomic E-state index is 13.8. The van der Waals surface area contributed by atoms with E-state index in [1.54, 1.807) is 28.9 Å². The van der Waals surface area contributed by atoms with Crippen molar-refractivity contribution in [3.05, 3.63) is 101 Å². The molecule has 5 rings (SSSR count). The molecule has 176 valence electrons. The molecule has 0 amide bonds. The Morgan fingerprint density at radius 1 is 0.914 bits per heavy atom. The van der Waals surface area contributed by atoms with Crippen LogP contribution in [0.2, 0.25) is 0 Å². The van der Waals surface area contributed by atoms with Gasteiger partial charge in [-0.2, -0.15) is 0 Å². The van der Waals surface area contributed by atoms with E-state index in [0.717, 1.165) is 5.56 Å². The zero-order chi connectivity index (χ0) is 24.5. The first-order valence-electron chi connectivity index (χ1n) is 11.2. The molecule has 0 radical (unpaired) electrons. The number of nitrogens with one attached hydrogen (secondary N) is 1. The van der Waals surface area contributed by atoms with Gasteiger partial charge in [0.2, 0.25) is 11.5 Å². The molecule has 0 fully saturated rings. The highest BCUT2D eigenvalue weighted by Gasteiger charge is 2.33. The van der Waals surface area contributed by atoms with Crippen LogP contribution in [0.25, 0.3) is 39.7 Å². The first kappa shape index (κ1) is 22.5. The second-order valence-corrected chi connectivity index (χ2v) is 8.65. The standard InChI is InChI=1S/C27H22F2N4O2/c1-17(2)16-32-24(19-10-14-21(29)15-11-19)23(18-8-12-20(28)13-9-18)30-26(32)25-27(34)35-31-33(25)22-6-4-3-5-7-22/h3-15,17H,16H2,1-2H3/p+1. The van der Waals surface area contributed by atoms with E-state index in [1.165, 1.54) is 24.3 Å². The second kappa shape index (κ2) is 9.13. The lowest BCUT2D eigenvalue weighted by molar-refractivity contribution is -0.660. The van der Waals surface area contributed by atoms with E-state index >= 15 is 0 Å². The number of rotatable bonds is 6. The van der Waals surface area contributed by atoms with Crippen molar-refractivity contribution < 1.29 is 18.0 Å². The van der Waals surface area contributed by atoms with Crippen LogP contribution in [0.5, 0.6) is 0 Å². The molecule has 1 N–H and O–H groups in total. The van der Waals surface area contributed by atoms with Crippen molar-refractivity contribution in [2.75, 3.05) is 0 Å². The molecule has 5 aromatic rings. The number of benzene rings is 3. The Balaban J connectivity index is 1.84. The van der Waals surface area contributed by atoms with Gasteiger partial charge in [-0.15, -0.1) is 0 Å². The van der Waals surface area contributed by atoms with E-state index in [2.05, 4.69) is 19.1 Å². The van der Waals surface area contributed by atoms with Crippen LogP contribution in [0, 0.1) is 17.6 Å². The predicted octanol–water partition coefficient (Wildman–Crippen LogP) is 5.38. The van der Waals surface area contributed by atoms with Crippen LogP contribution in [-0.2, 0) is 6.54 Å². The highest BCUT2D eigenvalue weighted by atomic mass is 19.1. The van der Waals surface area contributed by atoms with Crippen LogP contribution in [0.15, 0.2) is 88.2 Å². The third-order valence-electron chi connectivity index (χ3n) is 5.62. The number of H-pyrrole nitrogens is 1. The van der Waals surface area contributed by atoms with E-state index in [0.29, 0.717) is 35.0 Å². The average molecular weight is 474 g/mol. The number of para-hydroxylation sites is 1. The van der Waals surface area contributed by atoms with Crippen molar-refractivity contribution in [1.29, 1.82) is 0 Å². The third-order valence-corrected chi connectivity index (χ3v) is 5.62. The summed E-state index contributed by atoms with van der Waals surface area (Å²) in [4.78, 5) is 17.9. The summed E-state index contributed by atoms with van der Waals surface area (Å²) >= 11 is 0. The first-order chi connectivity index (χ1) is 16.9. The van der Waals surface area contributed by atoms with Crippen LogP contribution in [0.1, 0.15) is 13.8 Å². The maximum absolute atomic E-state index is 13.8. The highest BCUT2D eigenvalue weighted by Crippen LogP contribution is 2.36. The molecule has 8 heteroatoms. The lowest BCUT2D eigenvalue weighted by Gasteiger charge is -2.14. The Bertz CT molecular complexity index is 1520. The van der Waals surface area contributed by atoms with Crippen molar-refractivity contribution in [3.8, 4) is 39.7 Å². The van der Waals surface area contributed by atoms with Crippen LogP contribution in [-0.4, -0.2) is 14.8 Å². The Kier molecular flexibility index (Phi) is 5.86. The van der Waals surface area contributed by atoms with Gasteiger partial charge in [0.15, 0.2) is 0 Å². The van der Waals surface area contributed by atoms with Gasteiger partial charge in [-0.3, -0.25) is 4.52 Å². The fourth-order valence-corrected chi connectivity index (χ4v) is 4.11. The molecule has 0 saturated carbocycles. The summed E-state index contributed by atoms with van der Waals surface area (Å²) in [7, 11) is 0. The summed E-state index contributed by atoms with van der Waals surface area (Å²) in [5.74, 6) is -0.150. The first-order valence-corrected chi connectivity index (χ1v) is 11.2. The number of imidazole rings is 1. The predicted molar refractivity (Wildman–Crippen MR) is 128 cm³/mol. The topological polar surface area (TPSA) is 67.7 Å². The van der Waals surface area contributed by atoms with E-state index in [1.807, 2.05) is 34.9 Å². The van der Waals surface area contributed by atoms with Crippen molar-refractivity contribution >= 4 is 0 Å². The van der Waals surface area contributed by atoms with E-state index in [9.17, 15) is 13.6 Å². The number of aromatic amines is 1. The largest absolute Gasteiger partial charge is 0.439 e.